The minimum absolute atomic E-state index is 0.201. The standard InChI is InChI=1S/C18H28FNO/c1-3-5-13-8-9-15(12-20)16(10-13)11-14-6-4-7-17(21-2)18(14)19/h4,6-7,13,15-16H,3,5,8-12,20H2,1-2H3. The average Bonchev–Trinajstić information content (AvgIpc) is 2.50. The van der Waals surface area contributed by atoms with Crippen molar-refractivity contribution in [2.24, 2.45) is 23.5 Å². The van der Waals surface area contributed by atoms with Crippen molar-refractivity contribution in [3.63, 3.8) is 0 Å². The molecule has 1 aliphatic carbocycles. The molecule has 1 fully saturated rings. The molecular weight excluding hydrogens is 265 g/mol. The minimum atomic E-state index is -0.201. The van der Waals surface area contributed by atoms with Crippen LogP contribution in [0, 0.1) is 23.6 Å². The van der Waals surface area contributed by atoms with Crippen LogP contribution < -0.4 is 10.5 Å². The fourth-order valence-corrected chi connectivity index (χ4v) is 3.81. The smallest absolute Gasteiger partial charge is 0.168 e. The maximum absolute atomic E-state index is 14.3. The van der Waals surface area contributed by atoms with Gasteiger partial charge in [-0.1, -0.05) is 38.3 Å². The Balaban J connectivity index is 2.11. The Labute approximate surface area is 127 Å². The third-order valence-corrected chi connectivity index (χ3v) is 4.99. The van der Waals surface area contributed by atoms with E-state index < -0.39 is 0 Å². The highest BCUT2D eigenvalue weighted by Crippen LogP contribution is 2.38. The summed E-state index contributed by atoms with van der Waals surface area (Å²) in [5.41, 5.74) is 6.72. The van der Waals surface area contributed by atoms with Gasteiger partial charge in [-0.05, 0) is 55.2 Å². The third-order valence-electron chi connectivity index (χ3n) is 4.99. The lowest BCUT2D eigenvalue weighted by Crippen LogP contribution is -2.32. The van der Waals surface area contributed by atoms with E-state index in [1.807, 2.05) is 12.1 Å². The molecule has 2 nitrogen and oxygen atoms in total. The van der Waals surface area contributed by atoms with Crippen LogP contribution in [0.15, 0.2) is 18.2 Å². The van der Waals surface area contributed by atoms with E-state index in [0.717, 1.165) is 24.4 Å². The van der Waals surface area contributed by atoms with Gasteiger partial charge in [0.1, 0.15) is 0 Å². The molecule has 0 saturated heterocycles. The van der Waals surface area contributed by atoms with E-state index in [0.29, 0.717) is 17.6 Å². The first-order valence-corrected chi connectivity index (χ1v) is 8.21. The number of ether oxygens (including phenoxy) is 1. The quantitative estimate of drug-likeness (QED) is 0.854. The first-order valence-electron chi connectivity index (χ1n) is 8.21. The van der Waals surface area contributed by atoms with E-state index in [-0.39, 0.29) is 5.82 Å². The fourth-order valence-electron chi connectivity index (χ4n) is 3.81. The Kier molecular flexibility index (Phi) is 6.04. The first-order chi connectivity index (χ1) is 10.2. The molecule has 0 bridgehead atoms. The van der Waals surface area contributed by atoms with Gasteiger partial charge in [0.05, 0.1) is 7.11 Å². The number of hydrogen-bond donors (Lipinski definition) is 1. The van der Waals surface area contributed by atoms with Crippen molar-refractivity contribution in [3.8, 4) is 5.75 Å². The topological polar surface area (TPSA) is 35.2 Å². The zero-order chi connectivity index (χ0) is 15.2. The summed E-state index contributed by atoms with van der Waals surface area (Å²) in [4.78, 5) is 0. The number of benzene rings is 1. The summed E-state index contributed by atoms with van der Waals surface area (Å²) in [6.07, 6.45) is 6.97. The van der Waals surface area contributed by atoms with Crippen LogP contribution in [0.25, 0.3) is 0 Å². The highest BCUT2D eigenvalue weighted by molar-refractivity contribution is 5.31. The molecule has 3 unspecified atom stereocenters. The number of rotatable bonds is 6. The van der Waals surface area contributed by atoms with Gasteiger partial charge in [-0.15, -0.1) is 0 Å². The van der Waals surface area contributed by atoms with E-state index in [4.69, 9.17) is 10.5 Å². The molecule has 1 aromatic carbocycles. The van der Waals surface area contributed by atoms with Gasteiger partial charge >= 0.3 is 0 Å². The van der Waals surface area contributed by atoms with Gasteiger partial charge in [-0.2, -0.15) is 0 Å². The highest BCUT2D eigenvalue weighted by Gasteiger charge is 2.30. The van der Waals surface area contributed by atoms with Crippen LogP contribution in [0.5, 0.6) is 5.75 Å². The second-order valence-electron chi connectivity index (χ2n) is 6.36. The molecule has 1 aliphatic rings. The number of nitrogens with two attached hydrogens (primary N) is 1. The largest absolute Gasteiger partial charge is 0.494 e. The zero-order valence-electron chi connectivity index (χ0n) is 13.3. The van der Waals surface area contributed by atoms with Gasteiger partial charge in [0, 0.05) is 0 Å². The van der Waals surface area contributed by atoms with E-state index >= 15 is 0 Å². The van der Waals surface area contributed by atoms with Gasteiger partial charge in [0.25, 0.3) is 0 Å². The molecule has 0 spiro atoms. The number of methoxy groups -OCH3 is 1. The van der Waals surface area contributed by atoms with Crippen LogP contribution in [0.2, 0.25) is 0 Å². The van der Waals surface area contributed by atoms with Crippen LogP contribution >= 0.6 is 0 Å². The first kappa shape index (κ1) is 16.3. The van der Waals surface area contributed by atoms with Crippen molar-refractivity contribution in [1.82, 2.24) is 0 Å². The van der Waals surface area contributed by atoms with Gasteiger partial charge in [-0.25, -0.2) is 4.39 Å². The van der Waals surface area contributed by atoms with E-state index in [1.165, 1.54) is 39.2 Å². The molecular formula is C18H28FNO. The van der Waals surface area contributed by atoms with Gasteiger partial charge < -0.3 is 10.5 Å². The Bertz CT molecular complexity index is 449. The monoisotopic (exact) mass is 293 g/mol. The Hall–Kier alpha value is -1.09. The molecule has 0 aliphatic heterocycles. The second-order valence-corrected chi connectivity index (χ2v) is 6.36. The summed E-state index contributed by atoms with van der Waals surface area (Å²) in [6, 6.07) is 5.44. The summed E-state index contributed by atoms with van der Waals surface area (Å²) < 4.78 is 19.4. The predicted molar refractivity (Wildman–Crippen MR) is 84.9 cm³/mol. The van der Waals surface area contributed by atoms with E-state index in [1.54, 1.807) is 6.07 Å². The van der Waals surface area contributed by atoms with Gasteiger partial charge in [-0.3, -0.25) is 0 Å². The maximum atomic E-state index is 14.3. The molecule has 2 rings (SSSR count). The number of hydrogen-bond acceptors (Lipinski definition) is 2. The van der Waals surface area contributed by atoms with Crippen LogP contribution in [-0.2, 0) is 6.42 Å². The summed E-state index contributed by atoms with van der Waals surface area (Å²) >= 11 is 0. The third kappa shape index (κ3) is 3.97. The number of halogens is 1. The lowest BCUT2D eigenvalue weighted by atomic mass is 9.70. The Morgan fingerprint density at radius 1 is 1.29 bits per heavy atom. The second kappa shape index (κ2) is 7.79. The van der Waals surface area contributed by atoms with Crippen molar-refractivity contribution >= 4 is 0 Å². The zero-order valence-corrected chi connectivity index (χ0v) is 13.3. The lowest BCUT2D eigenvalue weighted by molar-refractivity contribution is 0.174. The summed E-state index contributed by atoms with van der Waals surface area (Å²) in [6.45, 7) is 2.96. The molecule has 1 saturated carbocycles. The molecule has 0 aromatic heterocycles. The minimum Gasteiger partial charge on any atom is -0.494 e. The molecule has 1 aromatic rings. The average molecular weight is 293 g/mol. The molecule has 3 heteroatoms. The van der Waals surface area contributed by atoms with Crippen molar-refractivity contribution in [2.45, 2.75) is 45.4 Å². The van der Waals surface area contributed by atoms with Crippen LogP contribution in [-0.4, -0.2) is 13.7 Å². The molecule has 3 atom stereocenters. The fraction of sp³-hybridized carbons (Fsp3) is 0.667. The molecule has 0 heterocycles. The lowest BCUT2D eigenvalue weighted by Gasteiger charge is -2.36. The van der Waals surface area contributed by atoms with Crippen molar-refractivity contribution in [1.29, 1.82) is 0 Å². The van der Waals surface area contributed by atoms with Crippen LogP contribution in [0.4, 0.5) is 4.39 Å². The van der Waals surface area contributed by atoms with Crippen molar-refractivity contribution < 1.29 is 9.13 Å². The molecule has 0 amide bonds. The summed E-state index contributed by atoms with van der Waals surface area (Å²) in [7, 11) is 1.52. The Morgan fingerprint density at radius 2 is 2.10 bits per heavy atom. The molecule has 21 heavy (non-hydrogen) atoms. The molecule has 0 radical (unpaired) electrons. The summed E-state index contributed by atoms with van der Waals surface area (Å²) in [5.74, 6) is 1.97. The highest BCUT2D eigenvalue weighted by atomic mass is 19.1. The van der Waals surface area contributed by atoms with E-state index in [9.17, 15) is 4.39 Å². The Morgan fingerprint density at radius 3 is 2.76 bits per heavy atom. The van der Waals surface area contributed by atoms with E-state index in [2.05, 4.69) is 6.92 Å². The maximum Gasteiger partial charge on any atom is 0.168 e. The van der Waals surface area contributed by atoms with Crippen LogP contribution in [0.1, 0.15) is 44.6 Å². The van der Waals surface area contributed by atoms with Crippen LogP contribution in [0.3, 0.4) is 0 Å². The van der Waals surface area contributed by atoms with Crippen molar-refractivity contribution in [2.75, 3.05) is 13.7 Å². The summed E-state index contributed by atoms with van der Waals surface area (Å²) in [5, 5.41) is 0. The van der Waals surface area contributed by atoms with Gasteiger partial charge in [0.2, 0.25) is 0 Å². The predicted octanol–water partition coefficient (Wildman–Crippen LogP) is 4.17. The SMILES string of the molecule is CCCC1CCC(CN)C(Cc2cccc(OC)c2F)C1. The van der Waals surface area contributed by atoms with Gasteiger partial charge in [0.15, 0.2) is 11.6 Å². The molecule has 2 N–H and O–H groups in total. The normalized spacial score (nSPS) is 25.8. The van der Waals surface area contributed by atoms with Crippen molar-refractivity contribution in [3.05, 3.63) is 29.6 Å². The molecule has 118 valence electrons.